The van der Waals surface area contributed by atoms with Gasteiger partial charge in [0.2, 0.25) is 0 Å². The smallest absolute Gasteiger partial charge is 0.292 e. The lowest BCUT2D eigenvalue weighted by Gasteiger charge is -2.25. The first-order valence-electron chi connectivity index (χ1n) is 6.65. The van der Waals surface area contributed by atoms with Gasteiger partial charge in [-0.2, -0.15) is 0 Å². The Morgan fingerprint density at radius 1 is 1.45 bits per heavy atom. The van der Waals surface area contributed by atoms with Gasteiger partial charge in [-0.1, -0.05) is 6.07 Å². The van der Waals surface area contributed by atoms with Crippen molar-refractivity contribution in [2.24, 2.45) is 0 Å². The third kappa shape index (κ3) is 5.14. The molecule has 112 valence electrons. The van der Waals surface area contributed by atoms with Gasteiger partial charge in [-0.25, -0.2) is 0 Å². The quantitative estimate of drug-likeness (QED) is 0.592. The molecule has 1 aromatic carbocycles. The van der Waals surface area contributed by atoms with Crippen molar-refractivity contribution in [1.82, 2.24) is 4.90 Å². The number of aliphatic hydroxyl groups is 1. The molecule has 0 heterocycles. The molecule has 0 saturated heterocycles. The fourth-order valence-corrected chi connectivity index (χ4v) is 2.20. The average molecular weight is 281 g/mol. The van der Waals surface area contributed by atoms with Crippen LogP contribution in [0.4, 0.5) is 11.4 Å². The number of rotatable bonds is 7. The summed E-state index contributed by atoms with van der Waals surface area (Å²) >= 11 is 0. The van der Waals surface area contributed by atoms with Crippen molar-refractivity contribution in [2.45, 2.75) is 32.9 Å². The summed E-state index contributed by atoms with van der Waals surface area (Å²) in [5.74, 6) is 0. The van der Waals surface area contributed by atoms with Crippen LogP contribution in [0.25, 0.3) is 0 Å². The number of benzene rings is 1. The zero-order chi connectivity index (χ0) is 15.3. The van der Waals surface area contributed by atoms with Crippen LogP contribution in [0.15, 0.2) is 18.2 Å². The molecule has 0 aliphatic carbocycles. The zero-order valence-corrected chi connectivity index (χ0v) is 12.5. The molecule has 1 rings (SSSR count). The van der Waals surface area contributed by atoms with E-state index in [0.717, 1.165) is 5.56 Å². The highest BCUT2D eigenvalue weighted by Crippen LogP contribution is 2.26. The van der Waals surface area contributed by atoms with Gasteiger partial charge in [0.1, 0.15) is 5.69 Å². The molecule has 6 heteroatoms. The first-order valence-corrected chi connectivity index (χ1v) is 6.65. The summed E-state index contributed by atoms with van der Waals surface area (Å²) in [4.78, 5) is 12.5. The molecule has 0 amide bonds. The van der Waals surface area contributed by atoms with Crippen LogP contribution < -0.4 is 5.32 Å². The van der Waals surface area contributed by atoms with Gasteiger partial charge >= 0.3 is 0 Å². The standard InChI is InChI=1S/C14H23N3O3/c1-5-15-12-8-11(6-7-13(12)17(19)20)9-16(4)10-14(2,3)18/h6-8,15,18H,5,9-10H2,1-4H3. The van der Waals surface area contributed by atoms with Crippen molar-refractivity contribution in [3.8, 4) is 0 Å². The van der Waals surface area contributed by atoms with Crippen molar-refractivity contribution < 1.29 is 10.0 Å². The van der Waals surface area contributed by atoms with E-state index in [1.54, 1.807) is 26.0 Å². The summed E-state index contributed by atoms with van der Waals surface area (Å²) in [7, 11) is 1.91. The van der Waals surface area contributed by atoms with Crippen molar-refractivity contribution in [3.63, 3.8) is 0 Å². The Labute approximate surface area is 119 Å². The minimum Gasteiger partial charge on any atom is -0.389 e. The van der Waals surface area contributed by atoms with Gasteiger partial charge in [0.05, 0.1) is 10.5 Å². The molecule has 1 aromatic rings. The van der Waals surface area contributed by atoms with Crippen LogP contribution in [-0.2, 0) is 6.54 Å². The lowest BCUT2D eigenvalue weighted by molar-refractivity contribution is -0.384. The highest BCUT2D eigenvalue weighted by atomic mass is 16.6. The molecule has 2 N–H and O–H groups in total. The van der Waals surface area contributed by atoms with Gasteiger partial charge in [-0.15, -0.1) is 0 Å². The molecule has 20 heavy (non-hydrogen) atoms. The van der Waals surface area contributed by atoms with E-state index in [-0.39, 0.29) is 10.6 Å². The van der Waals surface area contributed by atoms with E-state index in [0.29, 0.717) is 25.3 Å². The first kappa shape index (κ1) is 16.4. The van der Waals surface area contributed by atoms with E-state index in [2.05, 4.69) is 5.32 Å². The highest BCUT2D eigenvalue weighted by Gasteiger charge is 2.17. The predicted octanol–water partition coefficient (Wildman–Crippen LogP) is 2.23. The third-order valence-corrected chi connectivity index (χ3v) is 2.73. The molecule has 0 aliphatic rings. The molecular weight excluding hydrogens is 258 g/mol. The highest BCUT2D eigenvalue weighted by molar-refractivity contribution is 5.62. The molecule has 0 fully saturated rings. The minimum atomic E-state index is -0.764. The maximum absolute atomic E-state index is 10.9. The van der Waals surface area contributed by atoms with Crippen LogP contribution in [0.5, 0.6) is 0 Å². The molecule has 0 spiro atoms. The van der Waals surface area contributed by atoms with Crippen LogP contribution in [-0.4, -0.2) is 40.7 Å². The van der Waals surface area contributed by atoms with Crippen molar-refractivity contribution >= 4 is 11.4 Å². The molecule has 0 radical (unpaired) electrons. The Morgan fingerprint density at radius 2 is 2.10 bits per heavy atom. The molecule has 0 saturated carbocycles. The molecule has 0 aromatic heterocycles. The molecule has 0 atom stereocenters. The Kier molecular flexibility index (Phi) is 5.47. The molecular formula is C14H23N3O3. The molecule has 0 bridgehead atoms. The zero-order valence-electron chi connectivity index (χ0n) is 12.5. The fraction of sp³-hybridized carbons (Fsp3) is 0.571. The molecule has 0 aliphatic heterocycles. The van der Waals surface area contributed by atoms with Gasteiger partial charge in [-0.05, 0) is 39.4 Å². The van der Waals surface area contributed by atoms with Gasteiger partial charge in [0, 0.05) is 25.7 Å². The lowest BCUT2D eigenvalue weighted by atomic mass is 10.1. The summed E-state index contributed by atoms with van der Waals surface area (Å²) in [5.41, 5.74) is 0.825. The number of nitro groups is 1. The summed E-state index contributed by atoms with van der Waals surface area (Å²) in [6, 6.07) is 5.06. The Morgan fingerprint density at radius 3 is 2.60 bits per heavy atom. The van der Waals surface area contributed by atoms with Gasteiger partial charge in [0.15, 0.2) is 0 Å². The van der Waals surface area contributed by atoms with Crippen LogP contribution in [0.3, 0.4) is 0 Å². The van der Waals surface area contributed by atoms with E-state index in [4.69, 9.17) is 0 Å². The largest absolute Gasteiger partial charge is 0.389 e. The Bertz CT molecular complexity index is 469. The second-order valence-corrected chi connectivity index (χ2v) is 5.62. The Balaban J connectivity index is 2.86. The fourth-order valence-electron chi connectivity index (χ4n) is 2.20. The summed E-state index contributed by atoms with van der Waals surface area (Å²) in [6.45, 7) is 7.19. The van der Waals surface area contributed by atoms with Gasteiger partial charge in [0.25, 0.3) is 5.69 Å². The monoisotopic (exact) mass is 281 g/mol. The SMILES string of the molecule is CCNc1cc(CN(C)CC(C)(C)O)ccc1[N+](=O)[O-]. The number of nitro benzene ring substituents is 1. The maximum Gasteiger partial charge on any atom is 0.292 e. The van der Waals surface area contributed by atoms with Crippen molar-refractivity contribution in [3.05, 3.63) is 33.9 Å². The summed E-state index contributed by atoms with van der Waals surface area (Å²) in [5, 5.41) is 23.7. The lowest BCUT2D eigenvalue weighted by Crippen LogP contribution is -2.35. The normalized spacial score (nSPS) is 11.7. The predicted molar refractivity (Wildman–Crippen MR) is 79.9 cm³/mol. The number of hydrogen-bond donors (Lipinski definition) is 2. The number of nitrogens with zero attached hydrogens (tertiary/aromatic N) is 2. The van der Waals surface area contributed by atoms with Crippen molar-refractivity contribution in [1.29, 1.82) is 0 Å². The van der Waals surface area contributed by atoms with Gasteiger partial charge in [-0.3, -0.25) is 15.0 Å². The van der Waals surface area contributed by atoms with Crippen LogP contribution >= 0.6 is 0 Å². The van der Waals surface area contributed by atoms with E-state index < -0.39 is 5.60 Å². The number of likely N-dealkylation sites (N-methyl/N-ethyl adjacent to an activating group) is 1. The first-order chi connectivity index (χ1) is 9.23. The summed E-state index contributed by atoms with van der Waals surface area (Å²) < 4.78 is 0. The molecule has 0 unspecified atom stereocenters. The van der Waals surface area contributed by atoms with Crippen molar-refractivity contribution in [2.75, 3.05) is 25.5 Å². The van der Waals surface area contributed by atoms with E-state index in [9.17, 15) is 15.2 Å². The third-order valence-electron chi connectivity index (χ3n) is 2.73. The number of anilines is 1. The van der Waals surface area contributed by atoms with E-state index >= 15 is 0 Å². The van der Waals surface area contributed by atoms with Gasteiger partial charge < -0.3 is 10.4 Å². The number of nitrogens with one attached hydrogen (secondary N) is 1. The van der Waals surface area contributed by atoms with E-state index in [1.807, 2.05) is 18.9 Å². The average Bonchev–Trinajstić information content (AvgIpc) is 2.26. The van der Waals surface area contributed by atoms with Crippen LogP contribution in [0, 0.1) is 10.1 Å². The second-order valence-electron chi connectivity index (χ2n) is 5.62. The van der Waals surface area contributed by atoms with E-state index in [1.165, 1.54) is 6.07 Å². The minimum absolute atomic E-state index is 0.0840. The second kappa shape index (κ2) is 6.67. The van der Waals surface area contributed by atoms with Crippen LogP contribution in [0.2, 0.25) is 0 Å². The topological polar surface area (TPSA) is 78.6 Å². The summed E-state index contributed by atoms with van der Waals surface area (Å²) in [6.07, 6.45) is 0. The van der Waals surface area contributed by atoms with Crippen LogP contribution in [0.1, 0.15) is 26.3 Å². The Hall–Kier alpha value is -1.66. The number of hydrogen-bond acceptors (Lipinski definition) is 5. The molecule has 6 nitrogen and oxygen atoms in total. The maximum atomic E-state index is 10.9.